The third-order valence-corrected chi connectivity index (χ3v) is 6.94. The minimum Gasteiger partial charge on any atom is -0.353 e. The molecule has 0 spiro atoms. The van der Waals surface area contributed by atoms with E-state index in [1.165, 1.54) is 24.3 Å². The minimum atomic E-state index is -3.80. The van der Waals surface area contributed by atoms with Crippen molar-refractivity contribution < 1.29 is 13.2 Å². The molecule has 1 saturated carbocycles. The maximum Gasteiger partial charge on any atom is 0.241 e. The lowest BCUT2D eigenvalue weighted by Crippen LogP contribution is -2.54. The highest BCUT2D eigenvalue weighted by Crippen LogP contribution is 2.41. The van der Waals surface area contributed by atoms with Crippen LogP contribution >= 0.6 is 11.6 Å². The van der Waals surface area contributed by atoms with Gasteiger partial charge in [-0.2, -0.15) is 0 Å². The molecule has 0 aliphatic heterocycles. The van der Waals surface area contributed by atoms with Gasteiger partial charge in [-0.1, -0.05) is 24.4 Å². The number of carbonyl (C=O) groups is 1. The summed E-state index contributed by atoms with van der Waals surface area (Å²) < 4.78 is 24.8. The van der Waals surface area contributed by atoms with Gasteiger partial charge in [0.05, 0.1) is 4.90 Å². The van der Waals surface area contributed by atoms with Crippen LogP contribution in [0.3, 0.4) is 0 Å². The Morgan fingerprint density at radius 1 is 1.26 bits per heavy atom. The summed E-state index contributed by atoms with van der Waals surface area (Å²) >= 11 is 5.83. The predicted octanol–water partition coefficient (Wildman–Crippen LogP) is 2.28. The Balaban J connectivity index is 2.36. The van der Waals surface area contributed by atoms with E-state index in [1.54, 1.807) is 13.8 Å². The molecule has 23 heavy (non-hydrogen) atoms. The topological polar surface area (TPSA) is 89.3 Å². The van der Waals surface area contributed by atoms with Crippen LogP contribution in [0.25, 0.3) is 0 Å². The molecular formula is C16H23ClN2O3S. The van der Waals surface area contributed by atoms with Crippen LogP contribution in [0, 0.1) is 0 Å². The number of benzene rings is 1. The lowest BCUT2D eigenvalue weighted by molar-refractivity contribution is -0.123. The van der Waals surface area contributed by atoms with Gasteiger partial charge in [-0.25, -0.2) is 8.42 Å². The van der Waals surface area contributed by atoms with Gasteiger partial charge in [0.15, 0.2) is 14.6 Å². The number of rotatable bonds is 5. The van der Waals surface area contributed by atoms with Crippen molar-refractivity contribution in [2.24, 2.45) is 5.73 Å². The highest BCUT2D eigenvalue weighted by molar-refractivity contribution is 7.93. The SMILES string of the molecule is CC(C)(N)CNC(=O)C1(S(=O)(=O)c2ccc(Cl)cc2)CCCC1. The van der Waals surface area contributed by atoms with Crippen LogP contribution in [0.4, 0.5) is 0 Å². The average molecular weight is 359 g/mol. The fourth-order valence-corrected chi connectivity index (χ4v) is 5.09. The van der Waals surface area contributed by atoms with Gasteiger partial charge in [-0.05, 0) is 51.0 Å². The van der Waals surface area contributed by atoms with Gasteiger partial charge in [-0.3, -0.25) is 4.79 Å². The van der Waals surface area contributed by atoms with E-state index in [0.29, 0.717) is 30.7 Å². The second-order valence-corrected chi connectivity index (χ2v) is 9.53. The highest BCUT2D eigenvalue weighted by Gasteiger charge is 2.52. The van der Waals surface area contributed by atoms with Gasteiger partial charge < -0.3 is 11.1 Å². The van der Waals surface area contributed by atoms with Crippen LogP contribution in [0.5, 0.6) is 0 Å². The van der Waals surface area contributed by atoms with Crippen molar-refractivity contribution >= 4 is 27.3 Å². The summed E-state index contributed by atoms with van der Waals surface area (Å²) in [6.45, 7) is 3.79. The Morgan fingerprint density at radius 2 is 1.78 bits per heavy atom. The molecule has 1 aliphatic carbocycles. The molecule has 3 N–H and O–H groups in total. The molecule has 2 rings (SSSR count). The molecule has 1 aliphatic rings. The molecule has 1 amide bonds. The zero-order chi connectivity index (χ0) is 17.3. The molecule has 0 aromatic heterocycles. The van der Waals surface area contributed by atoms with Crippen molar-refractivity contribution in [3.63, 3.8) is 0 Å². The van der Waals surface area contributed by atoms with Gasteiger partial charge in [0.2, 0.25) is 5.91 Å². The Bertz CT molecular complexity index is 672. The van der Waals surface area contributed by atoms with E-state index in [2.05, 4.69) is 5.32 Å². The monoisotopic (exact) mass is 358 g/mol. The van der Waals surface area contributed by atoms with E-state index in [-0.39, 0.29) is 11.4 Å². The lowest BCUT2D eigenvalue weighted by Gasteiger charge is -2.29. The van der Waals surface area contributed by atoms with Gasteiger partial charge in [0.1, 0.15) is 0 Å². The molecule has 0 heterocycles. The van der Waals surface area contributed by atoms with Crippen LogP contribution in [0.1, 0.15) is 39.5 Å². The number of sulfone groups is 1. The second kappa shape index (κ2) is 6.42. The largest absolute Gasteiger partial charge is 0.353 e. The number of hydrogen-bond acceptors (Lipinski definition) is 4. The number of nitrogens with two attached hydrogens (primary N) is 1. The van der Waals surface area contributed by atoms with Gasteiger partial charge in [0.25, 0.3) is 0 Å². The number of carbonyl (C=O) groups excluding carboxylic acids is 1. The lowest BCUT2D eigenvalue weighted by atomic mass is 10.0. The zero-order valence-electron chi connectivity index (χ0n) is 13.4. The second-order valence-electron chi connectivity index (χ2n) is 6.83. The Labute approximate surface area is 142 Å². The highest BCUT2D eigenvalue weighted by atomic mass is 35.5. The molecule has 7 heteroatoms. The Kier molecular flexibility index (Phi) is 5.09. The summed E-state index contributed by atoms with van der Waals surface area (Å²) in [5, 5.41) is 3.18. The first kappa shape index (κ1) is 18.2. The van der Waals surface area contributed by atoms with Crippen molar-refractivity contribution in [1.82, 2.24) is 5.32 Å². The number of halogens is 1. The maximum atomic E-state index is 13.1. The first-order valence-electron chi connectivity index (χ1n) is 7.66. The third-order valence-electron chi connectivity index (χ3n) is 4.17. The van der Waals surface area contributed by atoms with Crippen LogP contribution in [-0.4, -0.2) is 31.2 Å². The van der Waals surface area contributed by atoms with E-state index in [1.807, 2.05) is 0 Å². The zero-order valence-corrected chi connectivity index (χ0v) is 15.0. The summed E-state index contributed by atoms with van der Waals surface area (Å²) in [5.74, 6) is -0.455. The van der Waals surface area contributed by atoms with Crippen LogP contribution in [-0.2, 0) is 14.6 Å². The first-order chi connectivity index (χ1) is 10.6. The quantitative estimate of drug-likeness (QED) is 0.845. The number of nitrogens with one attached hydrogen (secondary N) is 1. The summed E-state index contributed by atoms with van der Waals surface area (Å²) in [7, 11) is -3.80. The summed E-state index contributed by atoms with van der Waals surface area (Å²) in [6, 6.07) is 5.96. The number of amides is 1. The third kappa shape index (κ3) is 3.70. The summed E-state index contributed by atoms with van der Waals surface area (Å²) in [5.41, 5.74) is 5.29. The van der Waals surface area contributed by atoms with Crippen molar-refractivity contribution in [1.29, 1.82) is 0 Å². The molecule has 1 aromatic carbocycles. The van der Waals surface area contributed by atoms with Crippen molar-refractivity contribution in [2.45, 2.75) is 54.7 Å². The van der Waals surface area contributed by atoms with Crippen molar-refractivity contribution in [2.75, 3.05) is 6.54 Å². The number of hydrogen-bond donors (Lipinski definition) is 2. The van der Waals surface area contributed by atoms with Crippen LogP contribution in [0.15, 0.2) is 29.2 Å². The molecule has 0 saturated heterocycles. The van der Waals surface area contributed by atoms with E-state index < -0.39 is 26.0 Å². The van der Waals surface area contributed by atoms with E-state index >= 15 is 0 Å². The Hall–Kier alpha value is -1.11. The molecule has 1 fully saturated rings. The predicted molar refractivity (Wildman–Crippen MR) is 91.1 cm³/mol. The normalized spacial score (nSPS) is 17.9. The fourth-order valence-electron chi connectivity index (χ4n) is 2.87. The van der Waals surface area contributed by atoms with Crippen molar-refractivity contribution in [3.05, 3.63) is 29.3 Å². The van der Waals surface area contributed by atoms with Gasteiger partial charge in [-0.15, -0.1) is 0 Å². The van der Waals surface area contributed by atoms with Crippen LogP contribution < -0.4 is 11.1 Å². The average Bonchev–Trinajstić information content (AvgIpc) is 2.95. The maximum absolute atomic E-state index is 13.1. The van der Waals surface area contributed by atoms with E-state index in [0.717, 1.165) is 0 Å². The molecule has 1 aromatic rings. The standard InChI is InChI=1S/C16H23ClN2O3S/c1-15(2,18)11-19-14(20)16(9-3-4-10-16)23(21,22)13-7-5-12(17)6-8-13/h5-8H,3-4,9-11,18H2,1-2H3,(H,19,20). The van der Waals surface area contributed by atoms with Crippen molar-refractivity contribution in [3.8, 4) is 0 Å². The summed E-state index contributed by atoms with van der Waals surface area (Å²) in [6.07, 6.45) is 2.09. The summed E-state index contributed by atoms with van der Waals surface area (Å²) in [4.78, 5) is 12.9. The smallest absolute Gasteiger partial charge is 0.241 e. The molecule has 128 valence electrons. The van der Waals surface area contributed by atoms with Gasteiger partial charge in [0, 0.05) is 17.1 Å². The van der Waals surface area contributed by atoms with Crippen LogP contribution in [0.2, 0.25) is 5.02 Å². The fraction of sp³-hybridized carbons (Fsp3) is 0.562. The van der Waals surface area contributed by atoms with E-state index in [4.69, 9.17) is 17.3 Å². The van der Waals surface area contributed by atoms with E-state index in [9.17, 15) is 13.2 Å². The molecule has 0 atom stereocenters. The van der Waals surface area contributed by atoms with Gasteiger partial charge >= 0.3 is 0 Å². The molecule has 0 radical (unpaired) electrons. The first-order valence-corrected chi connectivity index (χ1v) is 9.52. The Morgan fingerprint density at radius 3 is 2.26 bits per heavy atom. The molecular weight excluding hydrogens is 336 g/mol. The molecule has 0 bridgehead atoms. The molecule has 5 nitrogen and oxygen atoms in total. The molecule has 0 unspecified atom stereocenters. The minimum absolute atomic E-state index is 0.131.